The molecule has 88 valence electrons. The molecular weight excluding hydrogens is 196 g/mol. The molecule has 0 bridgehead atoms. The minimum atomic E-state index is -0.553. The van der Waals surface area contributed by atoms with Crippen molar-refractivity contribution in [3.05, 3.63) is 0 Å². The molecule has 4 N–H and O–H groups in total. The second-order valence-corrected chi connectivity index (χ2v) is 3.61. The number of rotatable bonds is 9. The predicted octanol–water partition coefficient (Wildman–Crippen LogP) is -0.776. The third-order valence-electron chi connectivity index (χ3n) is 2.06. The third-order valence-corrected chi connectivity index (χ3v) is 2.06. The van der Waals surface area contributed by atoms with Gasteiger partial charge in [-0.05, 0) is 26.3 Å². The van der Waals surface area contributed by atoms with Crippen LogP contribution in [-0.2, 0) is 9.59 Å². The number of nitrogens with one attached hydrogen (secondary N) is 1. The van der Waals surface area contributed by atoms with Crippen LogP contribution in [0.5, 0.6) is 0 Å². The van der Waals surface area contributed by atoms with E-state index in [1.54, 1.807) is 0 Å². The lowest BCUT2D eigenvalue weighted by molar-refractivity contribution is -0.123. The van der Waals surface area contributed by atoms with Gasteiger partial charge >= 0.3 is 0 Å². The van der Waals surface area contributed by atoms with Crippen LogP contribution in [0.15, 0.2) is 0 Å². The number of aliphatic hydroxyl groups is 1. The van der Waals surface area contributed by atoms with Gasteiger partial charge in [0, 0.05) is 0 Å². The van der Waals surface area contributed by atoms with Gasteiger partial charge in [-0.3, -0.25) is 9.59 Å². The molecule has 0 spiro atoms. The molecular formula is C10H20N2O3. The summed E-state index contributed by atoms with van der Waals surface area (Å²) in [4.78, 5) is 21.4. The molecule has 0 aliphatic carbocycles. The van der Waals surface area contributed by atoms with E-state index < -0.39 is 12.6 Å². The maximum Gasteiger partial charge on any atom is 0.174 e. The number of hydrogen-bond acceptors (Lipinski definition) is 5. The largest absolute Gasteiger partial charge is 0.389 e. The van der Waals surface area contributed by atoms with Crippen molar-refractivity contribution in [3.8, 4) is 0 Å². The van der Waals surface area contributed by atoms with E-state index in [1.165, 1.54) is 6.92 Å². The van der Waals surface area contributed by atoms with Gasteiger partial charge in [-0.25, -0.2) is 0 Å². The van der Waals surface area contributed by atoms with Crippen LogP contribution >= 0.6 is 0 Å². The summed E-state index contributed by atoms with van der Waals surface area (Å²) in [6.07, 6.45) is 2.28. The number of Topliss-reactive ketones (excluding diaryl/α,β-unsaturated/α-hetero) is 2. The second kappa shape index (κ2) is 8.52. The van der Waals surface area contributed by atoms with Crippen molar-refractivity contribution in [2.45, 2.75) is 32.2 Å². The summed E-state index contributed by atoms with van der Waals surface area (Å²) in [6.45, 7) is 2.19. The Kier molecular flexibility index (Phi) is 8.08. The van der Waals surface area contributed by atoms with Crippen LogP contribution in [0.25, 0.3) is 0 Å². The average Bonchev–Trinajstić information content (AvgIpc) is 2.21. The van der Waals surface area contributed by atoms with Crippen LogP contribution in [0.1, 0.15) is 26.2 Å². The standard InChI is InChI=1S/C10H20N2O3/c1-8(14)6-12-5-3-2-4-9(11)10(15)7-13/h9,12-13H,2-7,11H2,1H3. The molecule has 0 aliphatic heterocycles. The molecule has 0 radical (unpaired) electrons. The van der Waals surface area contributed by atoms with E-state index in [2.05, 4.69) is 5.32 Å². The maximum atomic E-state index is 10.9. The number of carbonyl (C=O) groups is 2. The number of nitrogens with two attached hydrogens (primary N) is 1. The zero-order valence-electron chi connectivity index (χ0n) is 9.16. The maximum absolute atomic E-state index is 10.9. The Labute approximate surface area is 90.0 Å². The summed E-state index contributed by atoms with van der Waals surface area (Å²) in [5.41, 5.74) is 5.51. The topological polar surface area (TPSA) is 92.4 Å². The van der Waals surface area contributed by atoms with Gasteiger partial charge in [0.25, 0.3) is 0 Å². The summed E-state index contributed by atoms with van der Waals surface area (Å²) < 4.78 is 0. The molecule has 0 rings (SSSR count). The van der Waals surface area contributed by atoms with Crippen molar-refractivity contribution in [1.82, 2.24) is 5.32 Å². The smallest absolute Gasteiger partial charge is 0.174 e. The quantitative estimate of drug-likeness (QED) is 0.440. The number of unbranched alkanes of at least 4 members (excludes halogenated alkanes) is 1. The lowest BCUT2D eigenvalue weighted by Gasteiger charge is -2.08. The molecule has 0 aromatic heterocycles. The Morgan fingerprint density at radius 2 is 2.07 bits per heavy atom. The highest BCUT2D eigenvalue weighted by Crippen LogP contribution is 1.98. The Bertz CT molecular complexity index is 207. The number of ketones is 2. The molecule has 1 atom stereocenters. The summed E-state index contributed by atoms with van der Waals surface area (Å²) in [6, 6.07) is -0.553. The van der Waals surface area contributed by atoms with Crippen molar-refractivity contribution in [2.24, 2.45) is 5.73 Å². The van der Waals surface area contributed by atoms with Crippen molar-refractivity contribution in [3.63, 3.8) is 0 Å². The van der Waals surface area contributed by atoms with Crippen molar-refractivity contribution in [1.29, 1.82) is 0 Å². The molecule has 0 saturated heterocycles. The average molecular weight is 216 g/mol. The lowest BCUT2D eigenvalue weighted by Crippen LogP contribution is -2.32. The first-order chi connectivity index (χ1) is 7.07. The van der Waals surface area contributed by atoms with Gasteiger partial charge in [0.2, 0.25) is 0 Å². The van der Waals surface area contributed by atoms with Crippen molar-refractivity contribution >= 4 is 11.6 Å². The Morgan fingerprint density at radius 3 is 2.60 bits per heavy atom. The van der Waals surface area contributed by atoms with Crippen LogP contribution in [-0.4, -0.2) is 42.4 Å². The van der Waals surface area contributed by atoms with E-state index in [0.717, 1.165) is 19.4 Å². The molecule has 1 unspecified atom stereocenters. The van der Waals surface area contributed by atoms with Gasteiger partial charge in [0.1, 0.15) is 12.4 Å². The molecule has 5 heteroatoms. The highest BCUT2D eigenvalue weighted by molar-refractivity contribution is 5.84. The second-order valence-electron chi connectivity index (χ2n) is 3.61. The zero-order chi connectivity index (χ0) is 11.7. The van der Waals surface area contributed by atoms with Gasteiger partial charge in [-0.15, -0.1) is 0 Å². The van der Waals surface area contributed by atoms with Crippen LogP contribution in [0.2, 0.25) is 0 Å². The Morgan fingerprint density at radius 1 is 1.40 bits per heavy atom. The van der Waals surface area contributed by atoms with E-state index >= 15 is 0 Å². The summed E-state index contributed by atoms with van der Waals surface area (Å²) in [5, 5.41) is 11.5. The van der Waals surface area contributed by atoms with E-state index in [-0.39, 0.29) is 11.6 Å². The summed E-state index contributed by atoms with van der Waals surface area (Å²) in [5.74, 6) is -0.200. The predicted molar refractivity (Wildman–Crippen MR) is 57.5 cm³/mol. The van der Waals surface area contributed by atoms with Crippen LogP contribution in [0, 0.1) is 0 Å². The fourth-order valence-electron chi connectivity index (χ4n) is 1.16. The third kappa shape index (κ3) is 8.23. The molecule has 0 amide bonds. The van der Waals surface area contributed by atoms with Gasteiger partial charge in [0.05, 0.1) is 12.6 Å². The molecule has 0 aliphatic rings. The zero-order valence-corrected chi connectivity index (χ0v) is 9.16. The molecule has 0 aromatic rings. The van der Waals surface area contributed by atoms with Gasteiger partial charge in [-0.2, -0.15) is 0 Å². The first-order valence-electron chi connectivity index (χ1n) is 5.17. The van der Waals surface area contributed by atoms with Crippen LogP contribution in [0.4, 0.5) is 0 Å². The fourth-order valence-corrected chi connectivity index (χ4v) is 1.16. The SMILES string of the molecule is CC(=O)CNCCCCC(N)C(=O)CO. The van der Waals surface area contributed by atoms with Crippen LogP contribution in [0.3, 0.4) is 0 Å². The molecule has 15 heavy (non-hydrogen) atoms. The molecule has 0 aromatic carbocycles. The van der Waals surface area contributed by atoms with Crippen molar-refractivity contribution < 1.29 is 14.7 Å². The summed E-state index contributed by atoms with van der Waals surface area (Å²) >= 11 is 0. The monoisotopic (exact) mass is 216 g/mol. The first-order valence-corrected chi connectivity index (χ1v) is 5.17. The van der Waals surface area contributed by atoms with E-state index in [4.69, 9.17) is 10.8 Å². The van der Waals surface area contributed by atoms with E-state index in [9.17, 15) is 9.59 Å². The van der Waals surface area contributed by atoms with Gasteiger partial charge < -0.3 is 16.2 Å². The molecule has 0 fully saturated rings. The van der Waals surface area contributed by atoms with E-state index in [0.29, 0.717) is 13.0 Å². The normalized spacial score (nSPS) is 12.5. The highest BCUT2D eigenvalue weighted by atomic mass is 16.3. The van der Waals surface area contributed by atoms with Gasteiger partial charge in [0.15, 0.2) is 5.78 Å². The number of aliphatic hydroxyl groups excluding tert-OH is 1. The highest BCUT2D eigenvalue weighted by Gasteiger charge is 2.10. The number of carbonyl (C=O) groups excluding carboxylic acids is 2. The van der Waals surface area contributed by atoms with Gasteiger partial charge in [-0.1, -0.05) is 6.42 Å². The minimum Gasteiger partial charge on any atom is -0.389 e. The molecule has 5 nitrogen and oxygen atoms in total. The first kappa shape index (κ1) is 14.2. The van der Waals surface area contributed by atoms with Crippen molar-refractivity contribution in [2.75, 3.05) is 19.7 Å². The Balaban J connectivity index is 3.31. The number of hydrogen-bond donors (Lipinski definition) is 3. The molecule has 0 saturated carbocycles. The Hall–Kier alpha value is -0.780. The summed E-state index contributed by atoms with van der Waals surface area (Å²) in [7, 11) is 0. The van der Waals surface area contributed by atoms with E-state index in [1.807, 2.05) is 0 Å². The fraction of sp³-hybridized carbons (Fsp3) is 0.800. The lowest BCUT2D eigenvalue weighted by atomic mass is 10.1. The molecule has 0 heterocycles. The van der Waals surface area contributed by atoms with Crippen LogP contribution < -0.4 is 11.1 Å². The minimum absolute atomic E-state index is 0.113.